The average Bonchev–Trinajstić information content (AvgIpc) is 2.60. The molecule has 2 N–H and O–H groups in total. The maximum absolute atomic E-state index is 13.4. The summed E-state index contributed by atoms with van der Waals surface area (Å²) >= 11 is 3.43. The fraction of sp³-hybridized carbons (Fsp3) is 0.588. The van der Waals surface area contributed by atoms with Crippen LogP contribution in [0.25, 0.3) is 0 Å². The van der Waals surface area contributed by atoms with Crippen LogP contribution in [-0.4, -0.2) is 34.3 Å². The summed E-state index contributed by atoms with van der Waals surface area (Å²) in [5.74, 6) is 1.16. The molecule has 1 saturated carbocycles. The molecule has 1 aromatic carbocycles. The monoisotopic (exact) mass is 545 g/mol. The Labute approximate surface area is 177 Å². The third-order valence-corrected chi connectivity index (χ3v) is 6.82. The van der Waals surface area contributed by atoms with E-state index in [1.807, 2.05) is 6.92 Å². The van der Waals surface area contributed by atoms with Crippen LogP contribution in [0.4, 0.5) is 4.39 Å². The van der Waals surface area contributed by atoms with E-state index < -0.39 is 10.8 Å². The number of aliphatic imine (C=N–C) groups is 1. The molecule has 2 rings (SSSR count). The molecule has 142 valence electrons. The van der Waals surface area contributed by atoms with Crippen molar-refractivity contribution in [3.8, 4) is 0 Å². The predicted molar refractivity (Wildman–Crippen MR) is 118 cm³/mol. The van der Waals surface area contributed by atoms with Crippen LogP contribution in [0.15, 0.2) is 27.7 Å². The van der Waals surface area contributed by atoms with Crippen LogP contribution in [-0.2, 0) is 17.3 Å². The maximum Gasteiger partial charge on any atom is 0.191 e. The van der Waals surface area contributed by atoms with E-state index in [-0.39, 0.29) is 41.1 Å². The Bertz CT molecular complexity index is 618. The molecule has 4 nitrogen and oxygen atoms in total. The van der Waals surface area contributed by atoms with E-state index in [1.165, 1.54) is 12.1 Å². The van der Waals surface area contributed by atoms with Gasteiger partial charge in [0.05, 0.1) is 0 Å². The number of nitrogens with zero attached hydrogens (tertiary/aromatic N) is 1. The lowest BCUT2D eigenvalue weighted by Crippen LogP contribution is -2.46. The number of halogens is 3. The van der Waals surface area contributed by atoms with Crippen molar-refractivity contribution in [2.75, 3.05) is 12.8 Å². The van der Waals surface area contributed by atoms with Gasteiger partial charge in [0, 0.05) is 45.9 Å². The summed E-state index contributed by atoms with van der Waals surface area (Å²) in [6, 6.07) is 4.91. The second kappa shape index (κ2) is 11.5. The van der Waals surface area contributed by atoms with Gasteiger partial charge >= 0.3 is 0 Å². The Hall–Kier alpha value is -0.220. The Balaban J connectivity index is 0.00000312. The van der Waals surface area contributed by atoms with Crippen LogP contribution in [0.3, 0.4) is 0 Å². The molecule has 3 atom stereocenters. The van der Waals surface area contributed by atoms with Gasteiger partial charge in [0.1, 0.15) is 5.82 Å². The van der Waals surface area contributed by atoms with E-state index in [0.717, 1.165) is 41.5 Å². The first-order valence-corrected chi connectivity index (χ1v) is 10.5. The highest BCUT2D eigenvalue weighted by Gasteiger charge is 2.26. The number of guanidine groups is 1. The van der Waals surface area contributed by atoms with Gasteiger partial charge in [-0.3, -0.25) is 9.20 Å². The molecule has 0 saturated heterocycles. The highest BCUT2D eigenvalue weighted by atomic mass is 127. The molecule has 0 heterocycles. The molecule has 8 heteroatoms. The van der Waals surface area contributed by atoms with Crippen molar-refractivity contribution in [3.05, 3.63) is 34.1 Å². The molecule has 0 amide bonds. The summed E-state index contributed by atoms with van der Waals surface area (Å²) in [7, 11) is 0.984. The summed E-state index contributed by atoms with van der Waals surface area (Å²) in [5, 5.41) is 6.91. The van der Waals surface area contributed by atoms with Crippen molar-refractivity contribution in [2.45, 2.75) is 50.4 Å². The van der Waals surface area contributed by atoms with Crippen LogP contribution in [0, 0.1) is 5.82 Å². The highest BCUT2D eigenvalue weighted by Crippen LogP contribution is 2.23. The van der Waals surface area contributed by atoms with Gasteiger partial charge in [-0.2, -0.15) is 0 Å². The van der Waals surface area contributed by atoms with Crippen molar-refractivity contribution in [3.63, 3.8) is 0 Å². The zero-order valence-electron chi connectivity index (χ0n) is 14.6. The largest absolute Gasteiger partial charge is 0.354 e. The van der Waals surface area contributed by atoms with Gasteiger partial charge < -0.3 is 10.6 Å². The van der Waals surface area contributed by atoms with Crippen molar-refractivity contribution < 1.29 is 8.60 Å². The van der Waals surface area contributed by atoms with E-state index in [1.54, 1.807) is 13.1 Å². The first kappa shape index (κ1) is 22.8. The number of hydrogen-bond acceptors (Lipinski definition) is 2. The minimum atomic E-state index is -0.738. The summed E-state index contributed by atoms with van der Waals surface area (Å²) in [5.41, 5.74) is 0.839. The van der Waals surface area contributed by atoms with Crippen LogP contribution in [0.5, 0.6) is 0 Å². The van der Waals surface area contributed by atoms with Crippen molar-refractivity contribution in [1.82, 2.24) is 10.6 Å². The van der Waals surface area contributed by atoms with E-state index in [9.17, 15) is 8.60 Å². The van der Waals surface area contributed by atoms with Gasteiger partial charge in [0.25, 0.3) is 0 Å². The molecule has 0 spiro atoms. The topological polar surface area (TPSA) is 53.5 Å². The SMILES string of the molecule is CCS(=O)C1CCCC(NC(=NC)NCc2cc(F)ccc2Br)C1.I. The van der Waals surface area contributed by atoms with Crippen molar-refractivity contribution in [1.29, 1.82) is 0 Å². The molecule has 25 heavy (non-hydrogen) atoms. The normalized spacial score (nSPS) is 22.0. The van der Waals surface area contributed by atoms with Gasteiger partial charge in [-0.15, -0.1) is 24.0 Å². The molecule has 1 aromatic rings. The van der Waals surface area contributed by atoms with E-state index in [2.05, 4.69) is 31.6 Å². The first-order valence-electron chi connectivity index (χ1n) is 8.31. The molecule has 3 unspecified atom stereocenters. The lowest BCUT2D eigenvalue weighted by Gasteiger charge is -2.30. The number of rotatable bonds is 5. The van der Waals surface area contributed by atoms with Crippen LogP contribution in [0.2, 0.25) is 0 Å². The van der Waals surface area contributed by atoms with Crippen LogP contribution < -0.4 is 10.6 Å². The summed E-state index contributed by atoms with van der Waals surface area (Å²) in [6.45, 7) is 2.46. The Morgan fingerprint density at radius 3 is 2.88 bits per heavy atom. The summed E-state index contributed by atoms with van der Waals surface area (Å²) in [4.78, 5) is 4.25. The molecular formula is C17H26BrFIN3OS. The molecule has 1 fully saturated rings. The lowest BCUT2D eigenvalue weighted by atomic mass is 9.95. The van der Waals surface area contributed by atoms with Crippen LogP contribution in [0.1, 0.15) is 38.2 Å². The highest BCUT2D eigenvalue weighted by molar-refractivity contribution is 14.0. The third-order valence-electron chi connectivity index (χ3n) is 4.30. The van der Waals surface area contributed by atoms with Gasteiger partial charge in [-0.1, -0.05) is 29.3 Å². The zero-order valence-corrected chi connectivity index (χ0v) is 19.3. The van der Waals surface area contributed by atoms with Gasteiger partial charge in [-0.05, 0) is 43.0 Å². The molecule has 0 aromatic heterocycles. The second-order valence-corrected chi connectivity index (χ2v) is 8.82. The molecule has 1 aliphatic carbocycles. The van der Waals surface area contributed by atoms with Gasteiger partial charge in [0.2, 0.25) is 0 Å². The fourth-order valence-corrected chi connectivity index (χ4v) is 4.73. The van der Waals surface area contributed by atoms with Crippen molar-refractivity contribution in [2.24, 2.45) is 4.99 Å². The van der Waals surface area contributed by atoms with E-state index >= 15 is 0 Å². The lowest BCUT2D eigenvalue weighted by molar-refractivity contribution is 0.413. The molecule has 0 aliphatic heterocycles. The molecular weight excluding hydrogens is 520 g/mol. The van der Waals surface area contributed by atoms with Gasteiger partial charge in [-0.25, -0.2) is 4.39 Å². The van der Waals surface area contributed by atoms with Crippen molar-refractivity contribution >= 4 is 56.7 Å². The fourth-order valence-electron chi connectivity index (χ4n) is 3.00. The number of hydrogen-bond donors (Lipinski definition) is 2. The predicted octanol–water partition coefficient (Wildman–Crippen LogP) is 3.95. The standard InChI is InChI=1S/C17H25BrFN3OS.HI/c1-3-24(23)15-6-4-5-14(10-15)22-17(20-2)21-11-12-9-13(19)7-8-16(12)18;/h7-9,14-15H,3-6,10-11H2,1-2H3,(H2,20,21,22);1H. The second-order valence-electron chi connectivity index (χ2n) is 5.96. The summed E-state index contributed by atoms with van der Waals surface area (Å²) in [6.07, 6.45) is 4.09. The van der Waals surface area contributed by atoms with Crippen LogP contribution >= 0.6 is 39.9 Å². The smallest absolute Gasteiger partial charge is 0.191 e. The minimum absolute atomic E-state index is 0. The molecule has 0 radical (unpaired) electrons. The average molecular weight is 546 g/mol. The quantitative estimate of drug-likeness (QED) is 0.334. The Kier molecular flexibility index (Phi) is 10.5. The van der Waals surface area contributed by atoms with E-state index in [4.69, 9.17) is 0 Å². The van der Waals surface area contributed by atoms with Gasteiger partial charge in [0.15, 0.2) is 5.96 Å². The summed E-state index contributed by atoms with van der Waals surface area (Å²) < 4.78 is 26.3. The zero-order chi connectivity index (χ0) is 17.5. The minimum Gasteiger partial charge on any atom is -0.354 e. The third kappa shape index (κ3) is 7.13. The Morgan fingerprint density at radius 1 is 1.44 bits per heavy atom. The maximum atomic E-state index is 13.4. The number of nitrogens with one attached hydrogen (secondary N) is 2. The Morgan fingerprint density at radius 2 is 2.20 bits per heavy atom. The molecule has 0 bridgehead atoms. The van der Waals surface area contributed by atoms with E-state index in [0.29, 0.717) is 12.5 Å². The first-order chi connectivity index (χ1) is 11.5. The number of benzene rings is 1. The molecule has 1 aliphatic rings.